The number of amides is 1. The van der Waals surface area contributed by atoms with Gasteiger partial charge in [-0.15, -0.1) is 0 Å². The summed E-state index contributed by atoms with van der Waals surface area (Å²) in [6, 6.07) is 14.3. The molecule has 0 saturated carbocycles. The van der Waals surface area contributed by atoms with Crippen LogP contribution in [0.15, 0.2) is 95.3 Å². The van der Waals surface area contributed by atoms with Crippen LogP contribution in [-0.4, -0.2) is 46.1 Å². The molecule has 1 aliphatic rings. The maximum Gasteiger partial charge on any atom is 0.407 e. The van der Waals surface area contributed by atoms with Gasteiger partial charge < -0.3 is 10.1 Å². The molecule has 33 heavy (non-hydrogen) atoms. The summed E-state index contributed by atoms with van der Waals surface area (Å²) >= 11 is 0. The second-order valence-electron chi connectivity index (χ2n) is 7.66. The lowest BCUT2D eigenvalue weighted by molar-refractivity contribution is 0.155. The average molecular weight is 490 g/mol. The monoisotopic (exact) mass is 489 g/mol. The van der Waals surface area contributed by atoms with E-state index in [0.29, 0.717) is 6.42 Å². The quantitative estimate of drug-likeness (QED) is 0.569. The number of ether oxygens (including phenoxy) is 1. The highest BCUT2D eigenvalue weighted by atomic mass is 32.2. The van der Waals surface area contributed by atoms with Crippen molar-refractivity contribution in [3.8, 4) is 0 Å². The molecular weight excluding hydrogens is 462 g/mol. The van der Waals surface area contributed by atoms with Crippen molar-refractivity contribution in [2.75, 3.05) is 6.61 Å². The van der Waals surface area contributed by atoms with E-state index in [2.05, 4.69) is 11.9 Å². The maximum absolute atomic E-state index is 13.8. The van der Waals surface area contributed by atoms with Gasteiger partial charge in [-0.1, -0.05) is 68.1 Å². The fourth-order valence-corrected chi connectivity index (χ4v) is 9.00. The minimum Gasteiger partial charge on any atom is -0.445 e. The summed E-state index contributed by atoms with van der Waals surface area (Å²) in [4.78, 5) is 12.3. The zero-order valence-corrected chi connectivity index (χ0v) is 19.8. The number of hydrogen-bond donors (Lipinski definition) is 1. The van der Waals surface area contributed by atoms with Gasteiger partial charge in [-0.3, -0.25) is 0 Å². The smallest absolute Gasteiger partial charge is 0.407 e. The summed E-state index contributed by atoms with van der Waals surface area (Å²) in [5.41, 5.74) is 0. The third-order valence-electron chi connectivity index (χ3n) is 5.61. The Bertz CT molecular complexity index is 1210. The van der Waals surface area contributed by atoms with Gasteiger partial charge in [0.25, 0.3) is 0 Å². The molecule has 0 heterocycles. The molecule has 1 amide bonds. The molecular formula is C24H27NO6S2. The van der Waals surface area contributed by atoms with E-state index >= 15 is 0 Å². The van der Waals surface area contributed by atoms with Gasteiger partial charge >= 0.3 is 6.09 Å². The number of allylic oxidation sites excluding steroid dienone is 1. The van der Waals surface area contributed by atoms with Crippen LogP contribution in [0.25, 0.3) is 0 Å². The van der Waals surface area contributed by atoms with Crippen molar-refractivity contribution in [2.24, 2.45) is 5.92 Å². The van der Waals surface area contributed by atoms with Gasteiger partial charge in [0.1, 0.15) is 11.9 Å². The number of nitrogens with one attached hydrogen (secondary N) is 1. The van der Waals surface area contributed by atoms with Gasteiger partial charge in [0.05, 0.1) is 21.1 Å². The third kappa shape index (κ3) is 5.20. The molecule has 0 unspecified atom stereocenters. The standard InChI is InChI=1S/C24H27NO6S2/c1-3-17-31-24(26)25-21-16-15-18(4-2)22(32(27,28)19-11-7-5-8-12-19)23(21)33(29,30)20-13-9-6-10-14-20/h3,5-16,18,21-23H,1,4,17H2,2H3,(H,25,26)/t18-,21+,22-,23-/m1/s1. The Kier molecular flexibility index (Phi) is 7.76. The Balaban J connectivity index is 2.18. The minimum atomic E-state index is -4.18. The first-order valence-corrected chi connectivity index (χ1v) is 13.6. The van der Waals surface area contributed by atoms with Crippen molar-refractivity contribution in [1.82, 2.24) is 5.32 Å². The second-order valence-corrected chi connectivity index (χ2v) is 11.9. The fraction of sp³-hybridized carbons (Fsp3) is 0.292. The molecule has 4 atom stereocenters. The van der Waals surface area contributed by atoms with E-state index in [4.69, 9.17) is 4.74 Å². The molecule has 176 valence electrons. The van der Waals surface area contributed by atoms with Crippen LogP contribution in [0.1, 0.15) is 13.3 Å². The summed E-state index contributed by atoms with van der Waals surface area (Å²) in [5, 5.41) is -0.238. The van der Waals surface area contributed by atoms with Crippen LogP contribution in [0.2, 0.25) is 0 Å². The first-order valence-electron chi connectivity index (χ1n) is 10.5. The van der Waals surface area contributed by atoms with Crippen LogP contribution < -0.4 is 5.32 Å². The minimum absolute atomic E-state index is 0.0142. The lowest BCUT2D eigenvalue weighted by Crippen LogP contribution is -2.57. The number of hydrogen-bond acceptors (Lipinski definition) is 6. The highest BCUT2D eigenvalue weighted by molar-refractivity contribution is 7.96. The van der Waals surface area contributed by atoms with Gasteiger partial charge in [0.2, 0.25) is 0 Å². The molecule has 0 fully saturated rings. The predicted octanol–water partition coefficient (Wildman–Crippen LogP) is 3.55. The molecule has 0 aromatic heterocycles. The van der Waals surface area contributed by atoms with Gasteiger partial charge in [-0.05, 0) is 36.6 Å². The van der Waals surface area contributed by atoms with Crippen LogP contribution >= 0.6 is 0 Å². The molecule has 0 radical (unpaired) electrons. The molecule has 2 aromatic rings. The fourth-order valence-electron chi connectivity index (χ4n) is 4.05. The summed E-state index contributed by atoms with van der Waals surface area (Å²) in [6.45, 7) is 5.22. The van der Waals surface area contributed by atoms with Crippen LogP contribution in [-0.2, 0) is 24.4 Å². The number of alkyl carbamates (subject to hydrolysis) is 1. The Morgan fingerprint density at radius 2 is 1.42 bits per heavy atom. The zero-order valence-electron chi connectivity index (χ0n) is 18.2. The first kappa shape index (κ1) is 24.7. The molecule has 0 saturated heterocycles. The first-order chi connectivity index (χ1) is 15.7. The Hall–Kier alpha value is -2.91. The predicted molar refractivity (Wildman–Crippen MR) is 126 cm³/mol. The van der Waals surface area contributed by atoms with E-state index in [-0.39, 0.29) is 16.4 Å². The van der Waals surface area contributed by atoms with Gasteiger partial charge in [-0.25, -0.2) is 21.6 Å². The number of carbonyl (C=O) groups is 1. The number of carbonyl (C=O) groups excluding carboxylic acids is 1. The summed E-state index contributed by atoms with van der Waals surface area (Å²) in [7, 11) is -8.27. The maximum atomic E-state index is 13.8. The van der Waals surface area contributed by atoms with E-state index in [1.807, 2.05) is 0 Å². The second kappa shape index (κ2) is 10.4. The van der Waals surface area contributed by atoms with E-state index in [1.54, 1.807) is 55.5 Å². The molecule has 1 aliphatic carbocycles. The Labute approximate surface area is 195 Å². The summed E-state index contributed by atoms with van der Waals surface area (Å²) in [6.07, 6.45) is 4.14. The lowest BCUT2D eigenvalue weighted by Gasteiger charge is -2.38. The van der Waals surface area contributed by atoms with E-state index in [0.717, 1.165) is 0 Å². The topological polar surface area (TPSA) is 107 Å². The number of rotatable bonds is 8. The average Bonchev–Trinajstić information content (AvgIpc) is 2.83. The number of benzene rings is 2. The van der Waals surface area contributed by atoms with Crippen molar-refractivity contribution >= 4 is 25.8 Å². The van der Waals surface area contributed by atoms with Crippen LogP contribution in [0, 0.1) is 5.92 Å². The van der Waals surface area contributed by atoms with Gasteiger partial charge in [0, 0.05) is 0 Å². The van der Waals surface area contributed by atoms with Crippen LogP contribution in [0.3, 0.4) is 0 Å². The lowest BCUT2D eigenvalue weighted by atomic mass is 9.90. The Morgan fingerprint density at radius 3 is 1.91 bits per heavy atom. The van der Waals surface area contributed by atoms with Crippen LogP contribution in [0.4, 0.5) is 4.79 Å². The highest BCUT2D eigenvalue weighted by Gasteiger charge is 2.51. The third-order valence-corrected chi connectivity index (χ3v) is 10.3. The van der Waals surface area contributed by atoms with Gasteiger partial charge in [0.15, 0.2) is 19.7 Å². The molecule has 0 bridgehead atoms. The number of sulfone groups is 2. The SMILES string of the molecule is C=CCOC(=O)N[C@H]1C=C[C@@H](CC)[C@@H](S(=O)(=O)c2ccccc2)[C@@H]1S(=O)(=O)c1ccccc1. The van der Waals surface area contributed by atoms with Crippen molar-refractivity contribution in [1.29, 1.82) is 0 Å². The van der Waals surface area contributed by atoms with Crippen LogP contribution in [0.5, 0.6) is 0 Å². The molecule has 2 aromatic carbocycles. The largest absolute Gasteiger partial charge is 0.445 e. The highest BCUT2D eigenvalue weighted by Crippen LogP contribution is 2.37. The van der Waals surface area contributed by atoms with E-state index in [1.165, 1.54) is 30.3 Å². The summed E-state index contributed by atoms with van der Waals surface area (Å²) in [5.74, 6) is -0.569. The molecule has 7 nitrogen and oxygen atoms in total. The van der Waals surface area contributed by atoms with E-state index < -0.39 is 48.2 Å². The Morgan fingerprint density at radius 1 is 0.909 bits per heavy atom. The molecule has 9 heteroatoms. The molecule has 0 spiro atoms. The molecule has 0 aliphatic heterocycles. The summed E-state index contributed by atoms with van der Waals surface area (Å²) < 4.78 is 60.2. The van der Waals surface area contributed by atoms with Crippen molar-refractivity contribution in [2.45, 2.75) is 39.7 Å². The van der Waals surface area contributed by atoms with E-state index in [9.17, 15) is 21.6 Å². The van der Waals surface area contributed by atoms with Crippen molar-refractivity contribution in [3.05, 3.63) is 85.5 Å². The molecule has 1 N–H and O–H groups in total. The van der Waals surface area contributed by atoms with Crippen molar-refractivity contribution < 1.29 is 26.4 Å². The van der Waals surface area contributed by atoms with Gasteiger partial charge in [-0.2, -0.15) is 0 Å². The zero-order chi connectivity index (χ0) is 24.1. The van der Waals surface area contributed by atoms with Crippen molar-refractivity contribution in [3.63, 3.8) is 0 Å². The normalized spacial score (nSPS) is 22.9. The molecule has 3 rings (SSSR count).